The zero-order valence-electron chi connectivity index (χ0n) is 12.4. The summed E-state index contributed by atoms with van der Waals surface area (Å²) in [6.45, 7) is 2.85. The Bertz CT molecular complexity index is 710. The molecule has 22 heavy (non-hydrogen) atoms. The van der Waals surface area contributed by atoms with E-state index in [4.69, 9.17) is 4.52 Å². The smallest absolute Gasteiger partial charge is 0.227 e. The molecular weight excluding hydrogens is 322 g/mol. The van der Waals surface area contributed by atoms with Gasteiger partial charge in [0.15, 0.2) is 0 Å². The van der Waals surface area contributed by atoms with Crippen LogP contribution in [0, 0.1) is 5.92 Å². The van der Waals surface area contributed by atoms with Gasteiger partial charge in [0.2, 0.25) is 21.7 Å². The van der Waals surface area contributed by atoms with E-state index in [1.165, 1.54) is 0 Å². The Morgan fingerprint density at radius 1 is 1.50 bits per heavy atom. The first-order valence-corrected chi connectivity index (χ1v) is 9.96. The number of piperidine rings is 1. The number of nitrogens with zero attached hydrogens (tertiary/aromatic N) is 3. The molecule has 1 aliphatic heterocycles. The normalized spacial score (nSPS) is 20.3. The highest BCUT2D eigenvalue weighted by molar-refractivity contribution is 7.89. The SMILES string of the molecule is CCS(=O)(=O)N1CCCC(Cc2nc(-c3ccsc3)no2)C1. The van der Waals surface area contributed by atoms with E-state index in [-0.39, 0.29) is 11.7 Å². The fourth-order valence-corrected chi connectivity index (χ4v) is 4.57. The van der Waals surface area contributed by atoms with Crippen molar-refractivity contribution in [3.8, 4) is 11.4 Å². The summed E-state index contributed by atoms with van der Waals surface area (Å²) < 4.78 is 30.9. The second-order valence-electron chi connectivity index (χ2n) is 5.49. The average molecular weight is 341 g/mol. The third kappa shape index (κ3) is 3.39. The van der Waals surface area contributed by atoms with Gasteiger partial charge in [-0.15, -0.1) is 0 Å². The van der Waals surface area contributed by atoms with Gasteiger partial charge in [-0.05, 0) is 37.1 Å². The van der Waals surface area contributed by atoms with Crippen molar-refractivity contribution < 1.29 is 12.9 Å². The molecule has 2 aromatic heterocycles. The Kier molecular flexibility index (Phi) is 4.60. The van der Waals surface area contributed by atoms with Gasteiger partial charge in [-0.2, -0.15) is 16.3 Å². The highest BCUT2D eigenvalue weighted by Crippen LogP contribution is 2.24. The molecule has 0 N–H and O–H groups in total. The molecule has 3 heterocycles. The van der Waals surface area contributed by atoms with Crippen molar-refractivity contribution in [1.82, 2.24) is 14.4 Å². The zero-order valence-corrected chi connectivity index (χ0v) is 14.1. The minimum absolute atomic E-state index is 0.155. The van der Waals surface area contributed by atoms with Crippen molar-refractivity contribution in [2.75, 3.05) is 18.8 Å². The van der Waals surface area contributed by atoms with Gasteiger partial charge in [-0.3, -0.25) is 0 Å². The molecule has 6 nitrogen and oxygen atoms in total. The van der Waals surface area contributed by atoms with E-state index in [1.54, 1.807) is 22.6 Å². The summed E-state index contributed by atoms with van der Waals surface area (Å²) in [5, 5.41) is 7.95. The van der Waals surface area contributed by atoms with Crippen molar-refractivity contribution in [3.63, 3.8) is 0 Å². The molecule has 0 saturated carbocycles. The van der Waals surface area contributed by atoms with Crippen LogP contribution in [0.1, 0.15) is 25.7 Å². The fraction of sp³-hybridized carbons (Fsp3) is 0.571. The molecule has 1 saturated heterocycles. The lowest BCUT2D eigenvalue weighted by atomic mass is 9.96. The number of hydrogen-bond acceptors (Lipinski definition) is 6. The molecular formula is C14H19N3O3S2. The van der Waals surface area contributed by atoms with Crippen LogP contribution in [0.4, 0.5) is 0 Å². The van der Waals surface area contributed by atoms with Gasteiger partial charge in [0.05, 0.1) is 5.75 Å². The third-order valence-corrected chi connectivity index (χ3v) is 6.48. The van der Waals surface area contributed by atoms with Crippen LogP contribution >= 0.6 is 11.3 Å². The molecule has 0 radical (unpaired) electrons. The van der Waals surface area contributed by atoms with E-state index in [0.29, 0.717) is 31.2 Å². The Hall–Kier alpha value is -1.25. The van der Waals surface area contributed by atoms with E-state index in [9.17, 15) is 8.42 Å². The molecule has 0 bridgehead atoms. The largest absolute Gasteiger partial charge is 0.339 e. The molecule has 1 aliphatic rings. The maximum absolute atomic E-state index is 12.0. The molecule has 120 valence electrons. The first-order chi connectivity index (χ1) is 10.6. The van der Waals surface area contributed by atoms with Gasteiger partial charge >= 0.3 is 0 Å². The first kappa shape index (κ1) is 15.6. The predicted octanol–water partition coefficient (Wildman–Crippen LogP) is 2.40. The fourth-order valence-electron chi connectivity index (χ4n) is 2.72. The summed E-state index contributed by atoms with van der Waals surface area (Å²) in [4.78, 5) is 4.42. The third-order valence-electron chi connectivity index (χ3n) is 3.95. The van der Waals surface area contributed by atoms with Crippen LogP contribution in [0.3, 0.4) is 0 Å². The van der Waals surface area contributed by atoms with E-state index in [1.807, 2.05) is 16.8 Å². The summed E-state index contributed by atoms with van der Waals surface area (Å²) in [7, 11) is -3.11. The van der Waals surface area contributed by atoms with E-state index >= 15 is 0 Å². The molecule has 1 unspecified atom stereocenters. The Morgan fingerprint density at radius 3 is 3.09 bits per heavy atom. The van der Waals surface area contributed by atoms with Crippen molar-refractivity contribution in [3.05, 3.63) is 22.7 Å². The lowest BCUT2D eigenvalue weighted by Crippen LogP contribution is -2.41. The Balaban J connectivity index is 1.66. The van der Waals surface area contributed by atoms with Crippen molar-refractivity contribution in [2.45, 2.75) is 26.2 Å². The van der Waals surface area contributed by atoms with Crippen LogP contribution in [0.15, 0.2) is 21.3 Å². The van der Waals surface area contributed by atoms with Crippen LogP contribution in [0.25, 0.3) is 11.4 Å². The average Bonchev–Trinajstić information content (AvgIpc) is 3.18. The standard InChI is InChI=1S/C14H19N3O3S2/c1-2-22(18,19)17-6-3-4-11(9-17)8-13-15-14(16-20-13)12-5-7-21-10-12/h5,7,10-11H,2-4,6,8-9H2,1H3. The highest BCUT2D eigenvalue weighted by Gasteiger charge is 2.28. The lowest BCUT2D eigenvalue weighted by Gasteiger charge is -2.30. The number of thiophene rings is 1. The molecule has 0 spiro atoms. The molecule has 1 fully saturated rings. The molecule has 0 aliphatic carbocycles. The number of sulfonamides is 1. The molecule has 3 rings (SSSR count). The summed E-state index contributed by atoms with van der Waals surface area (Å²) in [6, 6.07) is 1.95. The number of rotatable bonds is 5. The van der Waals surface area contributed by atoms with E-state index in [0.717, 1.165) is 18.4 Å². The van der Waals surface area contributed by atoms with Crippen LogP contribution in [-0.4, -0.2) is 41.7 Å². The maximum atomic E-state index is 12.0. The van der Waals surface area contributed by atoms with Gasteiger partial charge < -0.3 is 4.52 Å². The van der Waals surface area contributed by atoms with E-state index in [2.05, 4.69) is 10.1 Å². The van der Waals surface area contributed by atoms with Gasteiger partial charge in [0, 0.05) is 30.5 Å². The van der Waals surface area contributed by atoms with Gasteiger partial charge in [0.25, 0.3) is 0 Å². The minimum Gasteiger partial charge on any atom is -0.339 e. The molecule has 2 aromatic rings. The van der Waals surface area contributed by atoms with Crippen LogP contribution in [0.5, 0.6) is 0 Å². The highest BCUT2D eigenvalue weighted by atomic mass is 32.2. The molecule has 1 atom stereocenters. The van der Waals surface area contributed by atoms with Crippen molar-refractivity contribution in [2.24, 2.45) is 5.92 Å². The predicted molar refractivity (Wildman–Crippen MR) is 85.1 cm³/mol. The van der Waals surface area contributed by atoms with Gasteiger partial charge in [-0.1, -0.05) is 5.16 Å². The van der Waals surface area contributed by atoms with Gasteiger partial charge in [-0.25, -0.2) is 12.7 Å². The van der Waals surface area contributed by atoms with Crippen LogP contribution in [0.2, 0.25) is 0 Å². The van der Waals surface area contributed by atoms with Gasteiger partial charge in [0.1, 0.15) is 0 Å². The summed E-state index contributed by atoms with van der Waals surface area (Å²) >= 11 is 1.59. The Labute approximate surface area is 134 Å². The number of hydrogen-bond donors (Lipinski definition) is 0. The molecule has 8 heteroatoms. The Morgan fingerprint density at radius 2 is 2.36 bits per heavy atom. The van der Waals surface area contributed by atoms with Crippen molar-refractivity contribution in [1.29, 1.82) is 0 Å². The second-order valence-corrected chi connectivity index (χ2v) is 8.53. The quantitative estimate of drug-likeness (QED) is 0.834. The summed E-state index contributed by atoms with van der Waals surface area (Å²) in [5.74, 6) is 1.58. The van der Waals surface area contributed by atoms with Crippen LogP contribution in [-0.2, 0) is 16.4 Å². The molecule has 0 amide bonds. The van der Waals surface area contributed by atoms with E-state index < -0.39 is 10.0 Å². The van der Waals surface area contributed by atoms with Crippen molar-refractivity contribution >= 4 is 21.4 Å². The lowest BCUT2D eigenvalue weighted by molar-refractivity contribution is 0.247. The zero-order chi connectivity index (χ0) is 15.6. The topological polar surface area (TPSA) is 76.3 Å². The molecule has 0 aromatic carbocycles. The second kappa shape index (κ2) is 6.47. The van der Waals surface area contributed by atoms with Crippen LogP contribution < -0.4 is 0 Å². The monoisotopic (exact) mass is 341 g/mol. The minimum atomic E-state index is -3.11. The first-order valence-electron chi connectivity index (χ1n) is 7.41. The summed E-state index contributed by atoms with van der Waals surface area (Å²) in [6.07, 6.45) is 2.51. The summed E-state index contributed by atoms with van der Waals surface area (Å²) in [5.41, 5.74) is 0.957. The number of aromatic nitrogens is 2. The maximum Gasteiger partial charge on any atom is 0.227 e.